The number of para-hydroxylation sites is 1. The highest BCUT2D eigenvalue weighted by atomic mass is 32.2. The van der Waals surface area contributed by atoms with Crippen LogP contribution in [0.2, 0.25) is 0 Å². The molecule has 0 saturated carbocycles. The van der Waals surface area contributed by atoms with Gasteiger partial charge in [-0.2, -0.15) is 0 Å². The number of anilines is 1. The van der Waals surface area contributed by atoms with Gasteiger partial charge < -0.3 is 5.11 Å². The minimum atomic E-state index is -3.66. The Kier molecular flexibility index (Phi) is 7.03. The van der Waals surface area contributed by atoms with Crippen LogP contribution < -0.4 is 4.72 Å². The second-order valence-corrected chi connectivity index (χ2v) is 8.40. The van der Waals surface area contributed by atoms with Crippen LogP contribution in [-0.2, 0) is 22.9 Å². The molecule has 6 heteroatoms. The number of aromatic carboxylic acids is 1. The topological polar surface area (TPSA) is 83.5 Å². The molecule has 3 rings (SSSR count). The highest BCUT2D eigenvalue weighted by Gasteiger charge is 2.11. The van der Waals surface area contributed by atoms with Gasteiger partial charge in [-0.3, -0.25) is 4.72 Å². The van der Waals surface area contributed by atoms with Gasteiger partial charge in [0, 0.05) is 0 Å². The molecule has 0 radical (unpaired) electrons. The third kappa shape index (κ3) is 6.06. The smallest absolute Gasteiger partial charge is 0.335 e. The highest BCUT2D eigenvalue weighted by molar-refractivity contribution is 7.95. The SMILES string of the molecule is O=C(O)c1ccccc1CCCc1ccccc1NS(=O)(=O)C=Cc1ccccc1. The van der Waals surface area contributed by atoms with E-state index < -0.39 is 16.0 Å². The number of nitrogens with one attached hydrogen (secondary N) is 1. The fourth-order valence-electron chi connectivity index (χ4n) is 3.17. The number of carboxylic acids is 1. The van der Waals surface area contributed by atoms with Crippen molar-refractivity contribution < 1.29 is 18.3 Å². The molecule has 0 spiro atoms. The maximum absolute atomic E-state index is 12.5. The van der Waals surface area contributed by atoms with Crippen molar-refractivity contribution in [3.63, 3.8) is 0 Å². The van der Waals surface area contributed by atoms with Crippen LogP contribution in [-0.4, -0.2) is 19.5 Å². The molecule has 0 aromatic heterocycles. The lowest BCUT2D eigenvalue weighted by atomic mass is 9.99. The van der Waals surface area contributed by atoms with E-state index in [1.54, 1.807) is 30.3 Å². The molecule has 3 aromatic rings. The molecule has 0 saturated heterocycles. The molecule has 0 aliphatic carbocycles. The summed E-state index contributed by atoms with van der Waals surface area (Å²) in [5.41, 5.74) is 3.27. The van der Waals surface area contributed by atoms with Crippen molar-refractivity contribution in [2.45, 2.75) is 19.3 Å². The normalized spacial score (nSPS) is 11.5. The van der Waals surface area contributed by atoms with Crippen LogP contribution in [0.1, 0.15) is 33.5 Å². The van der Waals surface area contributed by atoms with Gasteiger partial charge in [-0.15, -0.1) is 0 Å². The molecular weight excluding hydrogens is 398 g/mol. The Balaban J connectivity index is 1.67. The minimum Gasteiger partial charge on any atom is -0.478 e. The minimum absolute atomic E-state index is 0.303. The molecule has 0 heterocycles. The molecule has 0 bridgehead atoms. The van der Waals surface area contributed by atoms with Crippen molar-refractivity contribution in [2.24, 2.45) is 0 Å². The zero-order valence-corrected chi connectivity index (χ0v) is 17.2. The van der Waals surface area contributed by atoms with E-state index in [1.165, 1.54) is 0 Å². The predicted molar refractivity (Wildman–Crippen MR) is 120 cm³/mol. The van der Waals surface area contributed by atoms with E-state index in [4.69, 9.17) is 0 Å². The third-order valence-corrected chi connectivity index (χ3v) is 5.65. The van der Waals surface area contributed by atoms with E-state index in [-0.39, 0.29) is 0 Å². The van der Waals surface area contributed by atoms with E-state index in [9.17, 15) is 18.3 Å². The molecule has 154 valence electrons. The van der Waals surface area contributed by atoms with Crippen LogP contribution in [0, 0.1) is 0 Å². The summed E-state index contributed by atoms with van der Waals surface area (Å²) >= 11 is 0. The van der Waals surface area contributed by atoms with Gasteiger partial charge in [-0.1, -0.05) is 66.7 Å². The largest absolute Gasteiger partial charge is 0.478 e. The number of hydrogen-bond donors (Lipinski definition) is 2. The lowest BCUT2D eigenvalue weighted by Crippen LogP contribution is -2.11. The van der Waals surface area contributed by atoms with Gasteiger partial charge in [0.2, 0.25) is 0 Å². The van der Waals surface area contributed by atoms with Gasteiger partial charge in [0.05, 0.1) is 16.7 Å². The molecule has 2 N–H and O–H groups in total. The van der Waals surface area contributed by atoms with Gasteiger partial charge in [0.15, 0.2) is 0 Å². The Labute approximate surface area is 176 Å². The van der Waals surface area contributed by atoms with Crippen molar-refractivity contribution in [3.05, 3.63) is 107 Å². The first kappa shape index (κ1) is 21.3. The molecule has 5 nitrogen and oxygen atoms in total. The lowest BCUT2D eigenvalue weighted by molar-refractivity contribution is 0.0695. The molecule has 30 heavy (non-hydrogen) atoms. The predicted octanol–water partition coefficient (Wildman–Crippen LogP) is 4.97. The number of sulfonamides is 1. The lowest BCUT2D eigenvalue weighted by Gasteiger charge is -2.11. The summed E-state index contributed by atoms with van der Waals surface area (Å²) in [7, 11) is -3.66. The fourth-order valence-corrected chi connectivity index (χ4v) is 4.08. The second kappa shape index (κ2) is 9.89. The molecule has 0 atom stereocenters. The number of carboxylic acid groups (broad SMARTS) is 1. The summed E-state index contributed by atoms with van der Waals surface area (Å²) in [5, 5.41) is 10.5. The van der Waals surface area contributed by atoms with Crippen molar-refractivity contribution in [3.8, 4) is 0 Å². The Hall–Kier alpha value is -3.38. The van der Waals surface area contributed by atoms with Gasteiger partial charge in [-0.25, -0.2) is 13.2 Å². The van der Waals surface area contributed by atoms with E-state index in [1.807, 2.05) is 54.6 Å². The Morgan fingerprint density at radius 2 is 1.43 bits per heavy atom. The maximum Gasteiger partial charge on any atom is 0.335 e. The first-order valence-corrected chi connectivity index (χ1v) is 11.1. The van der Waals surface area contributed by atoms with E-state index in [2.05, 4.69) is 4.72 Å². The average molecular weight is 422 g/mol. The zero-order chi connectivity index (χ0) is 21.4. The summed E-state index contributed by atoms with van der Waals surface area (Å²) in [4.78, 5) is 11.3. The van der Waals surface area contributed by atoms with Crippen LogP contribution in [0.4, 0.5) is 5.69 Å². The highest BCUT2D eigenvalue weighted by Crippen LogP contribution is 2.21. The quantitative estimate of drug-likeness (QED) is 0.511. The van der Waals surface area contributed by atoms with E-state index >= 15 is 0 Å². The van der Waals surface area contributed by atoms with Crippen molar-refractivity contribution in [1.29, 1.82) is 0 Å². The van der Waals surface area contributed by atoms with Crippen LogP contribution in [0.25, 0.3) is 6.08 Å². The number of hydrogen-bond acceptors (Lipinski definition) is 3. The van der Waals surface area contributed by atoms with E-state index in [0.717, 1.165) is 22.1 Å². The van der Waals surface area contributed by atoms with Gasteiger partial charge in [0.1, 0.15) is 0 Å². The van der Waals surface area contributed by atoms with Crippen molar-refractivity contribution in [1.82, 2.24) is 0 Å². The Bertz CT molecular complexity index is 1140. The molecule has 3 aromatic carbocycles. The molecule has 0 aliphatic rings. The van der Waals surface area contributed by atoms with Crippen LogP contribution in [0.15, 0.2) is 84.3 Å². The van der Waals surface area contributed by atoms with Crippen LogP contribution in [0.5, 0.6) is 0 Å². The first-order valence-electron chi connectivity index (χ1n) is 9.60. The Morgan fingerprint density at radius 1 is 0.833 bits per heavy atom. The van der Waals surface area contributed by atoms with Gasteiger partial charge in [-0.05, 0) is 54.2 Å². The standard InChI is InChI=1S/C24H23NO4S/c26-24(27)22-15-6-4-11-20(22)13-8-14-21-12-5-7-16-23(21)25-30(28,29)18-17-19-9-2-1-3-10-19/h1-7,9-12,15-18,25H,8,13-14H2,(H,26,27). The molecule has 0 aliphatic heterocycles. The van der Waals surface area contributed by atoms with Crippen molar-refractivity contribution >= 4 is 27.8 Å². The summed E-state index contributed by atoms with van der Waals surface area (Å²) in [5.74, 6) is -0.941. The molecule has 0 amide bonds. The fraction of sp³-hybridized carbons (Fsp3) is 0.125. The summed E-state index contributed by atoms with van der Waals surface area (Å²) in [6.07, 6.45) is 3.46. The van der Waals surface area contributed by atoms with Crippen LogP contribution >= 0.6 is 0 Å². The number of benzene rings is 3. The van der Waals surface area contributed by atoms with Gasteiger partial charge >= 0.3 is 5.97 Å². The molecule has 0 unspecified atom stereocenters. The second-order valence-electron chi connectivity index (χ2n) is 6.83. The third-order valence-electron chi connectivity index (χ3n) is 4.65. The number of rotatable bonds is 9. The van der Waals surface area contributed by atoms with Gasteiger partial charge in [0.25, 0.3) is 10.0 Å². The number of carbonyl (C=O) groups is 1. The monoisotopic (exact) mass is 421 g/mol. The zero-order valence-electron chi connectivity index (χ0n) is 16.4. The average Bonchev–Trinajstić information content (AvgIpc) is 2.74. The van der Waals surface area contributed by atoms with Crippen LogP contribution in [0.3, 0.4) is 0 Å². The first-order chi connectivity index (χ1) is 14.4. The number of aryl methyl sites for hydroxylation is 2. The summed E-state index contributed by atoms with van der Waals surface area (Å²) in [6.45, 7) is 0. The Morgan fingerprint density at radius 3 is 2.17 bits per heavy atom. The molecule has 0 fully saturated rings. The summed E-state index contributed by atoms with van der Waals surface area (Å²) < 4.78 is 27.6. The summed E-state index contributed by atoms with van der Waals surface area (Å²) in [6, 6.07) is 23.4. The maximum atomic E-state index is 12.5. The van der Waals surface area contributed by atoms with E-state index in [0.29, 0.717) is 30.5 Å². The molecular formula is C24H23NO4S. The van der Waals surface area contributed by atoms with Crippen molar-refractivity contribution in [2.75, 3.05) is 4.72 Å².